The van der Waals surface area contributed by atoms with Crippen LogP contribution in [0.3, 0.4) is 0 Å². The fourth-order valence-electron chi connectivity index (χ4n) is 4.33. The van der Waals surface area contributed by atoms with E-state index in [2.05, 4.69) is 25.5 Å². The molecule has 1 radical (unpaired) electrons. The van der Waals surface area contributed by atoms with Crippen molar-refractivity contribution in [2.45, 2.75) is 32.2 Å². The molecule has 3 aromatic rings. The van der Waals surface area contributed by atoms with Gasteiger partial charge in [-0.15, -0.1) is 0 Å². The van der Waals surface area contributed by atoms with Gasteiger partial charge in [0.15, 0.2) is 11.5 Å². The van der Waals surface area contributed by atoms with Crippen LogP contribution < -0.4 is 20.1 Å². The first-order valence-electron chi connectivity index (χ1n) is 13.1. The molecule has 0 atom stereocenters. The maximum atomic E-state index is 14.4. The van der Waals surface area contributed by atoms with Gasteiger partial charge in [0.25, 0.3) is 0 Å². The van der Waals surface area contributed by atoms with Crippen molar-refractivity contribution in [1.29, 1.82) is 0 Å². The molecule has 40 heavy (non-hydrogen) atoms. The summed E-state index contributed by atoms with van der Waals surface area (Å²) in [5.41, 5.74) is 2.12. The zero-order valence-electron chi connectivity index (χ0n) is 22.8. The van der Waals surface area contributed by atoms with Crippen LogP contribution >= 0.6 is 11.6 Å². The number of anilines is 2. The molecule has 2 aromatic carbocycles. The molecule has 0 amide bonds. The van der Waals surface area contributed by atoms with Gasteiger partial charge in [-0.1, -0.05) is 11.6 Å². The van der Waals surface area contributed by atoms with Crippen LogP contribution in [0.15, 0.2) is 30.6 Å². The van der Waals surface area contributed by atoms with Crippen molar-refractivity contribution < 1.29 is 40.8 Å². The van der Waals surface area contributed by atoms with Crippen LogP contribution in [0, 0.1) is 5.82 Å². The molecule has 2 N–H and O–H groups in total. The van der Waals surface area contributed by atoms with Gasteiger partial charge >= 0.3 is 0 Å². The Labute approximate surface area is 252 Å². The molecular formula is C27H35ClFN5O4SV. The van der Waals surface area contributed by atoms with Crippen LogP contribution in [-0.4, -0.2) is 75.2 Å². The quantitative estimate of drug-likeness (QED) is 0.347. The third-order valence-electron chi connectivity index (χ3n) is 6.39. The summed E-state index contributed by atoms with van der Waals surface area (Å²) in [6.07, 6.45) is 6.24. The average Bonchev–Trinajstić information content (AvgIpc) is 2.88. The molecule has 2 heterocycles. The van der Waals surface area contributed by atoms with Crippen molar-refractivity contribution in [1.82, 2.24) is 20.2 Å². The number of fused-ring (bicyclic) bond motifs is 2. The van der Waals surface area contributed by atoms with E-state index in [1.165, 1.54) is 18.6 Å². The number of rotatable bonds is 8. The van der Waals surface area contributed by atoms with E-state index in [0.717, 1.165) is 36.8 Å². The normalized spacial score (nSPS) is 14.8. The number of nitrogens with zero attached hydrogens (tertiary/aromatic N) is 3. The molecule has 217 valence electrons. The second kappa shape index (κ2) is 15.2. The number of aromatic nitrogens is 2. The van der Waals surface area contributed by atoms with Crippen LogP contribution in [0.2, 0.25) is 5.02 Å². The summed E-state index contributed by atoms with van der Waals surface area (Å²) in [6, 6.07) is 6.76. The molecule has 0 saturated carbocycles. The Morgan fingerprint density at radius 1 is 1.18 bits per heavy atom. The van der Waals surface area contributed by atoms with Gasteiger partial charge < -0.3 is 25.0 Å². The summed E-state index contributed by atoms with van der Waals surface area (Å²) >= 11 is 6.15. The molecule has 0 aliphatic carbocycles. The minimum Gasteiger partial charge on any atom is -0.490 e. The Hall–Kier alpha value is -2.15. The van der Waals surface area contributed by atoms with E-state index in [9.17, 15) is 12.8 Å². The van der Waals surface area contributed by atoms with E-state index in [0.29, 0.717) is 67.8 Å². The van der Waals surface area contributed by atoms with Gasteiger partial charge in [0.05, 0.1) is 29.5 Å². The number of nitrogens with one attached hydrogen (secondary N) is 2. The van der Waals surface area contributed by atoms with Crippen LogP contribution in [-0.2, 0) is 34.9 Å². The van der Waals surface area contributed by atoms with Crippen LogP contribution in [0.4, 0.5) is 15.9 Å². The third kappa shape index (κ3) is 9.46. The van der Waals surface area contributed by atoms with Gasteiger partial charge in [0.2, 0.25) is 0 Å². The molecule has 4 rings (SSSR count). The van der Waals surface area contributed by atoms with Gasteiger partial charge in [0, 0.05) is 55.0 Å². The van der Waals surface area contributed by atoms with Crippen molar-refractivity contribution in [2.24, 2.45) is 0 Å². The molecule has 0 fully saturated rings. The molecule has 0 spiro atoms. The number of benzene rings is 2. The Balaban J connectivity index is 0.00000441. The van der Waals surface area contributed by atoms with E-state index < -0.39 is 15.7 Å². The van der Waals surface area contributed by atoms with Gasteiger partial charge in [0.1, 0.15) is 27.8 Å². The predicted molar refractivity (Wildman–Crippen MR) is 153 cm³/mol. The number of halogens is 2. The molecule has 1 aromatic heterocycles. The molecule has 1 aliphatic rings. The molecule has 2 bridgehead atoms. The predicted octanol–water partition coefficient (Wildman–Crippen LogP) is 4.56. The second-order valence-corrected chi connectivity index (χ2v) is 12.5. The van der Waals surface area contributed by atoms with Crippen LogP contribution in [0.5, 0.6) is 11.5 Å². The van der Waals surface area contributed by atoms with Crippen molar-refractivity contribution in [3.05, 3.63) is 47.0 Å². The van der Waals surface area contributed by atoms with Crippen molar-refractivity contribution in [3.8, 4) is 11.5 Å². The zero-order chi connectivity index (χ0) is 27.8. The van der Waals surface area contributed by atoms with Crippen molar-refractivity contribution in [3.63, 3.8) is 0 Å². The summed E-state index contributed by atoms with van der Waals surface area (Å²) in [5.74, 6) is 1.37. The van der Waals surface area contributed by atoms with Crippen LogP contribution in [0.25, 0.3) is 10.9 Å². The first kappa shape index (κ1) is 32.4. The molecule has 0 unspecified atom stereocenters. The molecule has 13 heteroatoms. The Morgan fingerprint density at radius 3 is 2.80 bits per heavy atom. The first-order chi connectivity index (χ1) is 18.7. The van der Waals surface area contributed by atoms with E-state index in [1.807, 2.05) is 19.2 Å². The minimum atomic E-state index is -2.98. The third-order valence-corrected chi connectivity index (χ3v) is 7.62. The Kier molecular flexibility index (Phi) is 12.3. The van der Waals surface area contributed by atoms with Gasteiger partial charge in [-0.25, -0.2) is 22.8 Å². The molecule has 0 saturated heterocycles. The fourth-order valence-corrected chi connectivity index (χ4v) is 5.01. The molecule has 9 nitrogen and oxygen atoms in total. The SMILES string of the molecule is CN1CCCCCOc2cc3c(ncnc3cc2OCCCNCCS(C)(=O)=O)Nc2cc(Cl)c(F)cc2C1.[V]. The van der Waals surface area contributed by atoms with E-state index in [-0.39, 0.29) is 29.3 Å². The van der Waals surface area contributed by atoms with Crippen LogP contribution in [0.1, 0.15) is 31.2 Å². The van der Waals surface area contributed by atoms with Gasteiger partial charge in [-0.3, -0.25) is 0 Å². The number of ether oxygens (including phenoxy) is 2. The number of hydrogen-bond acceptors (Lipinski definition) is 9. The van der Waals surface area contributed by atoms with E-state index in [1.54, 1.807) is 6.07 Å². The summed E-state index contributed by atoms with van der Waals surface area (Å²) in [5, 5.41) is 7.23. The molecule has 1 aliphatic heterocycles. The largest absolute Gasteiger partial charge is 0.490 e. The average molecular weight is 631 g/mol. The number of hydrogen-bond donors (Lipinski definition) is 2. The minimum absolute atomic E-state index is 0. The first-order valence-corrected chi connectivity index (χ1v) is 15.5. The second-order valence-electron chi connectivity index (χ2n) is 9.82. The Morgan fingerprint density at radius 2 is 2.00 bits per heavy atom. The van der Waals surface area contributed by atoms with E-state index in [4.69, 9.17) is 21.1 Å². The maximum absolute atomic E-state index is 14.4. The van der Waals surface area contributed by atoms with E-state index >= 15 is 0 Å². The fraction of sp³-hybridized carbons (Fsp3) is 0.481. The van der Waals surface area contributed by atoms with Gasteiger partial charge in [-0.05, 0) is 69.6 Å². The number of sulfone groups is 1. The summed E-state index contributed by atoms with van der Waals surface area (Å²) in [7, 11) is -0.968. The zero-order valence-corrected chi connectivity index (χ0v) is 25.7. The van der Waals surface area contributed by atoms with Gasteiger partial charge in [-0.2, -0.15) is 0 Å². The summed E-state index contributed by atoms with van der Waals surface area (Å²) in [6.45, 7) is 3.42. The topological polar surface area (TPSA) is 106 Å². The maximum Gasteiger partial charge on any atom is 0.163 e. The summed E-state index contributed by atoms with van der Waals surface area (Å²) < 4.78 is 49.2. The monoisotopic (exact) mass is 630 g/mol. The smallest absolute Gasteiger partial charge is 0.163 e. The standard InChI is InChI=1S/C27H35ClFN5O4S.V/c1-34-9-4-3-5-10-37-25-14-20-24(16-26(25)38-11-6-7-30-8-12-39(2,35)36)31-18-32-27(20)33-23-15-21(28)22(29)13-19(23)17-34;/h13-16,18,30H,3-12,17H2,1-2H3,(H,31,32,33);. The molecular weight excluding hydrogens is 596 g/mol. The Bertz CT molecular complexity index is 1400. The summed E-state index contributed by atoms with van der Waals surface area (Å²) in [4.78, 5) is 11.1. The van der Waals surface area contributed by atoms with Crippen molar-refractivity contribution in [2.75, 3.05) is 57.2 Å². The van der Waals surface area contributed by atoms with Crippen molar-refractivity contribution >= 4 is 43.8 Å².